The van der Waals surface area contributed by atoms with Crippen LogP contribution in [0.1, 0.15) is 24.8 Å². The van der Waals surface area contributed by atoms with Crippen LogP contribution in [0, 0.1) is 0 Å². The average molecular weight is 210 g/mol. The van der Waals surface area contributed by atoms with Crippen molar-refractivity contribution in [1.29, 1.82) is 0 Å². The molecule has 1 rings (SSSR count). The van der Waals surface area contributed by atoms with Gasteiger partial charge in [-0.25, -0.2) is 0 Å². The Morgan fingerprint density at radius 3 is 2.50 bits per heavy atom. The zero-order valence-electron chi connectivity index (χ0n) is 8.05. The third-order valence-electron chi connectivity index (χ3n) is 2.23. The molecule has 14 heavy (non-hydrogen) atoms. The summed E-state index contributed by atoms with van der Waals surface area (Å²) in [4.78, 5) is 10.6. The lowest BCUT2D eigenvalue weighted by atomic mass is 9.96. The third kappa shape index (κ3) is 3.07. The molecule has 0 saturated carbocycles. The largest absolute Gasteiger partial charge is 0.480 e. The highest BCUT2D eigenvalue weighted by Gasteiger charge is 2.16. The second-order valence-corrected chi connectivity index (χ2v) is 4.02. The van der Waals surface area contributed by atoms with Crippen molar-refractivity contribution in [3.8, 4) is 0 Å². The summed E-state index contributed by atoms with van der Waals surface area (Å²) in [5, 5.41) is 8.12. The molecule has 0 bridgehead atoms. The fraction of sp³-hybridized carbons (Fsp3) is 0.364. The van der Waals surface area contributed by atoms with E-state index in [1.54, 1.807) is 0 Å². The van der Waals surface area contributed by atoms with Gasteiger partial charge in [0.2, 0.25) is 0 Å². The molecule has 0 heterocycles. The van der Waals surface area contributed by atoms with E-state index in [9.17, 15) is 4.79 Å². The summed E-state index contributed by atoms with van der Waals surface area (Å²) in [6, 6.07) is 9.88. The number of hydrogen-bond donors (Lipinski definition) is 2. The maximum absolute atomic E-state index is 10.6. The first-order chi connectivity index (χ1) is 6.61. The first-order valence-corrected chi connectivity index (χ1v) is 5.08. The first kappa shape index (κ1) is 11.1. The van der Waals surface area contributed by atoms with Gasteiger partial charge in [-0.2, -0.15) is 12.6 Å². The minimum absolute atomic E-state index is 0.231. The van der Waals surface area contributed by atoms with Gasteiger partial charge in [0, 0.05) is 0 Å². The van der Waals surface area contributed by atoms with Crippen LogP contribution in [-0.2, 0) is 4.79 Å². The van der Waals surface area contributed by atoms with Crippen molar-refractivity contribution in [3.05, 3.63) is 35.9 Å². The Hall–Kier alpha value is -0.960. The number of benzene rings is 1. The highest BCUT2D eigenvalue weighted by atomic mass is 32.1. The van der Waals surface area contributed by atoms with Gasteiger partial charge in [0.1, 0.15) is 0 Å². The number of hydrogen-bond acceptors (Lipinski definition) is 2. The van der Waals surface area contributed by atoms with E-state index in [-0.39, 0.29) is 5.92 Å². The van der Waals surface area contributed by atoms with Crippen molar-refractivity contribution >= 4 is 18.6 Å². The van der Waals surface area contributed by atoms with Crippen LogP contribution in [-0.4, -0.2) is 16.3 Å². The van der Waals surface area contributed by atoms with Gasteiger partial charge in [-0.15, -0.1) is 0 Å². The lowest BCUT2D eigenvalue weighted by Gasteiger charge is -2.13. The number of aliphatic carboxylic acids is 1. The molecule has 1 aromatic rings. The smallest absolute Gasteiger partial charge is 0.316 e. The van der Waals surface area contributed by atoms with Gasteiger partial charge in [0.05, 0.1) is 5.25 Å². The average Bonchev–Trinajstić information content (AvgIpc) is 2.19. The number of rotatable bonds is 4. The third-order valence-corrected chi connectivity index (χ3v) is 2.66. The topological polar surface area (TPSA) is 37.3 Å². The van der Waals surface area contributed by atoms with Gasteiger partial charge in [-0.1, -0.05) is 37.3 Å². The zero-order chi connectivity index (χ0) is 10.6. The predicted octanol–water partition coefficient (Wildman–Crippen LogP) is 2.56. The van der Waals surface area contributed by atoms with E-state index in [1.165, 1.54) is 0 Å². The van der Waals surface area contributed by atoms with Gasteiger partial charge >= 0.3 is 5.97 Å². The first-order valence-electron chi connectivity index (χ1n) is 4.57. The molecule has 0 amide bonds. The van der Waals surface area contributed by atoms with E-state index in [0.29, 0.717) is 6.42 Å². The van der Waals surface area contributed by atoms with Gasteiger partial charge in [-0.05, 0) is 17.9 Å². The number of thiol groups is 1. The molecule has 0 aliphatic carbocycles. The highest BCUT2D eigenvalue weighted by Crippen LogP contribution is 2.22. The summed E-state index contributed by atoms with van der Waals surface area (Å²) < 4.78 is 0. The molecule has 0 saturated heterocycles. The van der Waals surface area contributed by atoms with E-state index in [2.05, 4.69) is 12.6 Å². The van der Waals surface area contributed by atoms with Crippen molar-refractivity contribution in [2.24, 2.45) is 0 Å². The molecule has 0 aliphatic heterocycles. The Bertz CT molecular complexity index is 297. The van der Waals surface area contributed by atoms with Crippen molar-refractivity contribution < 1.29 is 9.90 Å². The molecule has 76 valence electrons. The molecular formula is C11H14O2S. The molecule has 3 heteroatoms. The van der Waals surface area contributed by atoms with E-state index in [0.717, 1.165) is 5.56 Å². The fourth-order valence-electron chi connectivity index (χ4n) is 1.35. The van der Waals surface area contributed by atoms with Crippen LogP contribution in [0.25, 0.3) is 0 Å². The molecule has 0 radical (unpaired) electrons. The molecule has 0 spiro atoms. The molecule has 0 aliphatic rings. The normalized spacial score (nSPS) is 14.7. The van der Waals surface area contributed by atoms with Crippen LogP contribution in [0.2, 0.25) is 0 Å². The molecule has 0 aromatic heterocycles. The van der Waals surface area contributed by atoms with Crippen LogP contribution >= 0.6 is 12.6 Å². The Balaban J connectivity index is 2.59. The maximum Gasteiger partial charge on any atom is 0.316 e. The Morgan fingerprint density at radius 1 is 1.43 bits per heavy atom. The second-order valence-electron chi connectivity index (χ2n) is 3.40. The summed E-state index contributed by atoms with van der Waals surface area (Å²) >= 11 is 4.01. The summed E-state index contributed by atoms with van der Waals surface area (Å²) in [5.74, 6) is -0.620. The fourth-order valence-corrected chi connectivity index (χ4v) is 1.67. The lowest BCUT2D eigenvalue weighted by Crippen LogP contribution is -2.15. The molecule has 2 atom stereocenters. The van der Waals surface area contributed by atoms with Gasteiger partial charge in [-0.3, -0.25) is 4.79 Å². The summed E-state index contributed by atoms with van der Waals surface area (Å²) in [6.45, 7) is 2.02. The van der Waals surface area contributed by atoms with Gasteiger partial charge < -0.3 is 5.11 Å². The van der Waals surface area contributed by atoms with Crippen molar-refractivity contribution in [1.82, 2.24) is 0 Å². The number of carbonyl (C=O) groups is 1. The van der Waals surface area contributed by atoms with Crippen LogP contribution in [0.15, 0.2) is 30.3 Å². The monoisotopic (exact) mass is 210 g/mol. The summed E-state index contributed by atoms with van der Waals surface area (Å²) in [6.07, 6.45) is 0.558. The number of carboxylic acid groups (broad SMARTS) is 1. The minimum Gasteiger partial charge on any atom is -0.480 e. The van der Waals surface area contributed by atoms with E-state index < -0.39 is 11.2 Å². The van der Waals surface area contributed by atoms with E-state index >= 15 is 0 Å². The van der Waals surface area contributed by atoms with E-state index in [1.807, 2.05) is 37.3 Å². The molecular weight excluding hydrogens is 196 g/mol. The number of carboxylic acids is 1. The lowest BCUT2D eigenvalue weighted by molar-refractivity contribution is -0.136. The zero-order valence-corrected chi connectivity index (χ0v) is 8.95. The molecule has 2 unspecified atom stereocenters. The molecule has 0 fully saturated rings. The molecule has 1 N–H and O–H groups in total. The maximum atomic E-state index is 10.6. The Morgan fingerprint density at radius 2 is 2.00 bits per heavy atom. The van der Waals surface area contributed by atoms with Crippen LogP contribution in [0.3, 0.4) is 0 Å². The second kappa shape index (κ2) is 5.05. The van der Waals surface area contributed by atoms with Gasteiger partial charge in [0.15, 0.2) is 0 Å². The van der Waals surface area contributed by atoms with Crippen molar-refractivity contribution in [3.63, 3.8) is 0 Å². The van der Waals surface area contributed by atoms with Crippen LogP contribution < -0.4 is 0 Å². The Labute approximate surface area is 89.4 Å². The minimum atomic E-state index is -0.851. The standard InChI is InChI=1S/C11H14O2S/c1-8(7-10(14)11(12)13)9-5-3-2-4-6-9/h2-6,8,10,14H,7H2,1H3,(H,12,13). The van der Waals surface area contributed by atoms with E-state index in [4.69, 9.17) is 5.11 Å². The SMILES string of the molecule is CC(CC(S)C(=O)O)c1ccccc1. The summed E-state index contributed by atoms with van der Waals surface area (Å²) in [5.41, 5.74) is 1.16. The highest BCUT2D eigenvalue weighted by molar-refractivity contribution is 7.81. The molecule has 2 nitrogen and oxygen atoms in total. The van der Waals surface area contributed by atoms with Crippen molar-refractivity contribution in [2.75, 3.05) is 0 Å². The quantitative estimate of drug-likeness (QED) is 0.749. The van der Waals surface area contributed by atoms with Crippen LogP contribution in [0.4, 0.5) is 0 Å². The summed E-state index contributed by atoms with van der Waals surface area (Å²) in [7, 11) is 0. The predicted molar refractivity (Wildman–Crippen MR) is 59.9 cm³/mol. The Kier molecular flexibility index (Phi) is 4.01. The van der Waals surface area contributed by atoms with Crippen molar-refractivity contribution in [2.45, 2.75) is 24.5 Å². The van der Waals surface area contributed by atoms with Crippen LogP contribution in [0.5, 0.6) is 0 Å². The molecule has 1 aromatic carbocycles. The van der Waals surface area contributed by atoms with Gasteiger partial charge in [0.25, 0.3) is 0 Å².